The lowest BCUT2D eigenvalue weighted by molar-refractivity contribution is 0.0911. The molecule has 186 valence electrons. The number of ketones is 1. The number of Topliss-reactive ketones (excluding diaryl/α,β-unsaturated/α-hetero) is 1. The molecule has 0 unspecified atom stereocenters. The van der Waals surface area contributed by atoms with Crippen LogP contribution in [0.2, 0.25) is 0 Å². The molecule has 0 fully saturated rings. The predicted molar refractivity (Wildman–Crippen MR) is 141 cm³/mol. The average Bonchev–Trinajstić information content (AvgIpc) is 3.54. The van der Waals surface area contributed by atoms with Gasteiger partial charge in [-0.25, -0.2) is 8.91 Å². The maximum absolute atomic E-state index is 13.5. The summed E-state index contributed by atoms with van der Waals surface area (Å²) >= 11 is 0. The van der Waals surface area contributed by atoms with Gasteiger partial charge < -0.3 is 9.88 Å². The number of hydrogen-bond acceptors (Lipinski definition) is 3. The fourth-order valence-electron chi connectivity index (χ4n) is 4.43. The zero-order valence-electron chi connectivity index (χ0n) is 20.9. The van der Waals surface area contributed by atoms with Crippen molar-refractivity contribution in [3.05, 3.63) is 114 Å². The summed E-state index contributed by atoms with van der Waals surface area (Å²) < 4.78 is 17.0. The molecule has 0 spiro atoms. The van der Waals surface area contributed by atoms with Crippen LogP contribution in [0.5, 0.6) is 0 Å². The van der Waals surface area contributed by atoms with Gasteiger partial charge in [-0.3, -0.25) is 9.59 Å². The second-order valence-electron chi connectivity index (χ2n) is 9.47. The first-order valence-electron chi connectivity index (χ1n) is 12.1. The van der Waals surface area contributed by atoms with Crippen molar-refractivity contribution >= 4 is 17.2 Å². The highest BCUT2D eigenvalue weighted by molar-refractivity contribution is 6.07. The Balaban J connectivity index is 1.48. The summed E-state index contributed by atoms with van der Waals surface area (Å²) in [6.45, 7) is 5.74. The van der Waals surface area contributed by atoms with Gasteiger partial charge in [0.05, 0.1) is 22.2 Å². The molecule has 0 aliphatic rings. The molecule has 5 rings (SSSR count). The number of fused-ring (bicyclic) bond motifs is 1. The van der Waals surface area contributed by atoms with Crippen molar-refractivity contribution in [2.24, 2.45) is 0 Å². The van der Waals surface area contributed by atoms with Gasteiger partial charge in [-0.2, -0.15) is 5.10 Å². The zero-order chi connectivity index (χ0) is 26.2. The first-order valence-corrected chi connectivity index (χ1v) is 12.1. The summed E-state index contributed by atoms with van der Waals surface area (Å²) in [4.78, 5) is 26.0. The number of hydrogen-bond donors (Lipinski definition) is 1. The molecule has 37 heavy (non-hydrogen) atoms. The number of benzene rings is 2. The number of nitrogens with one attached hydrogen (secondary N) is 1. The standard InChI is InChI=1S/C30H27FN4O2/c1-4-26(36)27-25-18-24(15-17-35(25)33-28(27)20-10-12-23(31)13-11-20)34-16-14-21(19-34)29(37)32-30(2,3)22-8-6-5-7-9-22/h5-19H,4H2,1-3H3,(H,32,37). The number of halogens is 1. The van der Waals surface area contributed by atoms with Gasteiger partial charge in [0.15, 0.2) is 5.78 Å². The molecule has 0 bridgehead atoms. The molecule has 5 aromatic rings. The molecule has 0 saturated carbocycles. The third-order valence-electron chi connectivity index (χ3n) is 6.51. The molecule has 3 aromatic heterocycles. The Labute approximate surface area is 214 Å². The lowest BCUT2D eigenvalue weighted by atomic mass is 9.94. The van der Waals surface area contributed by atoms with Crippen molar-refractivity contribution in [3.63, 3.8) is 0 Å². The number of pyridine rings is 1. The number of rotatable bonds is 7. The Morgan fingerprint density at radius 3 is 2.41 bits per heavy atom. The summed E-state index contributed by atoms with van der Waals surface area (Å²) in [5.74, 6) is -0.585. The number of aromatic nitrogens is 3. The van der Waals surface area contributed by atoms with Gasteiger partial charge in [0.25, 0.3) is 5.91 Å². The van der Waals surface area contributed by atoms with Gasteiger partial charge in [-0.15, -0.1) is 0 Å². The van der Waals surface area contributed by atoms with Crippen LogP contribution in [0.25, 0.3) is 22.5 Å². The predicted octanol–water partition coefficient (Wildman–Crippen LogP) is 6.19. The first kappa shape index (κ1) is 24.2. The number of carbonyl (C=O) groups excluding carboxylic acids is 2. The maximum Gasteiger partial charge on any atom is 0.253 e. The van der Waals surface area contributed by atoms with E-state index in [-0.39, 0.29) is 17.5 Å². The van der Waals surface area contributed by atoms with E-state index in [0.717, 1.165) is 11.3 Å². The highest BCUT2D eigenvalue weighted by Crippen LogP contribution is 2.29. The number of carbonyl (C=O) groups is 2. The highest BCUT2D eigenvalue weighted by atomic mass is 19.1. The Kier molecular flexibility index (Phi) is 6.21. The molecular weight excluding hydrogens is 467 g/mol. The van der Waals surface area contributed by atoms with E-state index < -0.39 is 5.54 Å². The van der Waals surface area contributed by atoms with E-state index in [4.69, 9.17) is 0 Å². The van der Waals surface area contributed by atoms with Gasteiger partial charge in [0.1, 0.15) is 11.5 Å². The fraction of sp³-hybridized carbons (Fsp3) is 0.167. The molecule has 7 heteroatoms. The first-order chi connectivity index (χ1) is 17.8. The van der Waals surface area contributed by atoms with Crippen molar-refractivity contribution < 1.29 is 14.0 Å². The SMILES string of the molecule is CCC(=O)c1c(-c2ccc(F)cc2)nn2ccc(-n3ccc(C(=O)NC(C)(C)c4ccccc4)c3)cc12. The molecule has 3 heterocycles. The molecule has 0 radical (unpaired) electrons. The largest absolute Gasteiger partial charge is 0.343 e. The van der Waals surface area contributed by atoms with Crippen LogP contribution in [0.1, 0.15) is 53.5 Å². The molecule has 0 atom stereocenters. The van der Waals surface area contributed by atoms with Crippen LogP contribution >= 0.6 is 0 Å². The van der Waals surface area contributed by atoms with Gasteiger partial charge in [0, 0.05) is 36.3 Å². The molecule has 0 aliphatic carbocycles. The summed E-state index contributed by atoms with van der Waals surface area (Å²) in [7, 11) is 0. The monoisotopic (exact) mass is 494 g/mol. The summed E-state index contributed by atoms with van der Waals surface area (Å²) in [5.41, 5.74) is 4.10. The van der Waals surface area contributed by atoms with E-state index in [0.29, 0.717) is 34.3 Å². The smallest absolute Gasteiger partial charge is 0.253 e. The van der Waals surface area contributed by atoms with Crippen molar-refractivity contribution in [2.75, 3.05) is 0 Å². The van der Waals surface area contributed by atoms with Gasteiger partial charge in [0.2, 0.25) is 0 Å². The Morgan fingerprint density at radius 2 is 1.70 bits per heavy atom. The van der Waals surface area contributed by atoms with Crippen molar-refractivity contribution in [1.29, 1.82) is 0 Å². The van der Waals surface area contributed by atoms with Crippen LogP contribution in [0.4, 0.5) is 4.39 Å². The maximum atomic E-state index is 13.5. The average molecular weight is 495 g/mol. The minimum absolute atomic E-state index is 0.0535. The molecule has 1 amide bonds. The van der Waals surface area contributed by atoms with Crippen LogP contribution in [0.3, 0.4) is 0 Å². The van der Waals surface area contributed by atoms with Gasteiger partial charge in [-0.1, -0.05) is 37.3 Å². The molecule has 0 saturated heterocycles. The van der Waals surface area contributed by atoms with E-state index in [1.54, 1.807) is 42.0 Å². The van der Waals surface area contributed by atoms with E-state index in [9.17, 15) is 14.0 Å². The van der Waals surface area contributed by atoms with Crippen LogP contribution in [0.15, 0.2) is 91.4 Å². The molecule has 1 N–H and O–H groups in total. The Bertz CT molecular complexity index is 1600. The van der Waals surface area contributed by atoms with Crippen molar-refractivity contribution in [3.8, 4) is 16.9 Å². The minimum atomic E-state index is -0.539. The Morgan fingerprint density at radius 1 is 0.973 bits per heavy atom. The van der Waals surface area contributed by atoms with Gasteiger partial charge >= 0.3 is 0 Å². The Hall–Kier alpha value is -4.52. The highest BCUT2D eigenvalue weighted by Gasteiger charge is 2.24. The van der Waals surface area contributed by atoms with Crippen molar-refractivity contribution in [2.45, 2.75) is 32.7 Å². The third kappa shape index (κ3) is 4.68. The van der Waals surface area contributed by atoms with E-state index >= 15 is 0 Å². The van der Waals surface area contributed by atoms with E-state index in [1.807, 2.05) is 67.1 Å². The summed E-state index contributed by atoms with van der Waals surface area (Å²) in [5, 5.41) is 7.72. The fourth-order valence-corrected chi connectivity index (χ4v) is 4.43. The normalized spacial score (nSPS) is 11.6. The number of amides is 1. The number of nitrogens with zero attached hydrogens (tertiary/aromatic N) is 3. The second kappa shape index (κ2) is 9.50. The summed E-state index contributed by atoms with van der Waals surface area (Å²) in [6, 6.07) is 21.3. The summed E-state index contributed by atoms with van der Waals surface area (Å²) in [6.07, 6.45) is 5.67. The van der Waals surface area contributed by atoms with E-state index in [2.05, 4.69) is 10.4 Å². The topological polar surface area (TPSA) is 68.4 Å². The quantitative estimate of drug-likeness (QED) is 0.274. The second-order valence-corrected chi connectivity index (χ2v) is 9.47. The lowest BCUT2D eigenvalue weighted by Crippen LogP contribution is -2.40. The van der Waals surface area contributed by atoms with E-state index in [1.165, 1.54) is 12.1 Å². The zero-order valence-corrected chi connectivity index (χ0v) is 20.9. The van der Waals surface area contributed by atoms with Crippen LogP contribution in [-0.2, 0) is 5.54 Å². The van der Waals surface area contributed by atoms with Gasteiger partial charge in [-0.05, 0) is 61.9 Å². The molecule has 6 nitrogen and oxygen atoms in total. The minimum Gasteiger partial charge on any atom is -0.343 e. The molecule has 2 aromatic carbocycles. The third-order valence-corrected chi connectivity index (χ3v) is 6.51. The lowest BCUT2D eigenvalue weighted by Gasteiger charge is -2.26. The van der Waals surface area contributed by atoms with Crippen LogP contribution < -0.4 is 5.32 Å². The molecule has 0 aliphatic heterocycles. The van der Waals surface area contributed by atoms with Crippen molar-refractivity contribution in [1.82, 2.24) is 19.5 Å². The molecular formula is C30H27FN4O2. The van der Waals surface area contributed by atoms with Crippen LogP contribution in [0, 0.1) is 5.82 Å². The van der Waals surface area contributed by atoms with Crippen LogP contribution in [-0.4, -0.2) is 25.9 Å².